The molecule has 0 aliphatic carbocycles. The van der Waals surface area contributed by atoms with Gasteiger partial charge in [-0.3, -0.25) is 5.10 Å². The van der Waals surface area contributed by atoms with Crippen molar-refractivity contribution in [1.82, 2.24) is 10.2 Å². The lowest BCUT2D eigenvalue weighted by Crippen LogP contribution is -2.00. The highest BCUT2D eigenvalue weighted by molar-refractivity contribution is 6.67. The molecule has 0 saturated heterocycles. The molecule has 2 nitrogen and oxygen atoms in total. The first-order chi connectivity index (χ1) is 4.93. The molecule has 1 aromatic heterocycles. The number of rotatable bonds is 0. The molecule has 1 aromatic rings. The topological polar surface area (TPSA) is 28.7 Å². The number of aromatic amines is 1. The van der Waals surface area contributed by atoms with Crippen LogP contribution in [0.15, 0.2) is 0 Å². The molecule has 0 aromatic carbocycles. The monoisotopic (exact) mass is 232 g/mol. The number of aromatic nitrogens is 2. The number of H-pyrrole nitrogens is 1. The molecule has 1 rings (SSSR count). The van der Waals surface area contributed by atoms with Gasteiger partial charge in [0, 0.05) is 0 Å². The summed E-state index contributed by atoms with van der Waals surface area (Å²) in [7, 11) is 0. The maximum Gasteiger partial charge on any atom is 0.235 e. The van der Waals surface area contributed by atoms with Crippen LogP contribution in [0.4, 0.5) is 0 Å². The smallest absolute Gasteiger partial charge is 0.235 e. The molecule has 0 atom stereocenters. The summed E-state index contributed by atoms with van der Waals surface area (Å²) in [6.07, 6.45) is 0. The van der Waals surface area contributed by atoms with Gasteiger partial charge in [-0.25, -0.2) is 0 Å². The van der Waals surface area contributed by atoms with Gasteiger partial charge in [0.25, 0.3) is 0 Å². The van der Waals surface area contributed by atoms with E-state index in [1.165, 1.54) is 0 Å². The van der Waals surface area contributed by atoms with Crippen molar-refractivity contribution in [2.75, 3.05) is 0 Å². The van der Waals surface area contributed by atoms with Crippen molar-refractivity contribution in [1.29, 1.82) is 0 Å². The van der Waals surface area contributed by atoms with Crippen LogP contribution in [0, 0.1) is 6.92 Å². The fraction of sp³-hybridized carbons (Fsp3) is 0.400. The van der Waals surface area contributed by atoms with Crippen LogP contribution in [0.5, 0.6) is 0 Å². The number of alkyl halides is 3. The second-order valence-corrected chi connectivity index (χ2v) is 4.67. The summed E-state index contributed by atoms with van der Waals surface area (Å²) in [6, 6.07) is 0. The van der Waals surface area contributed by atoms with Crippen molar-refractivity contribution in [3.05, 3.63) is 16.4 Å². The zero-order valence-corrected chi connectivity index (χ0v) is 8.48. The van der Waals surface area contributed by atoms with Crippen LogP contribution in [-0.4, -0.2) is 10.2 Å². The molecule has 1 heterocycles. The number of hydrogen-bond acceptors (Lipinski definition) is 1. The highest BCUT2D eigenvalue weighted by atomic mass is 35.6. The third kappa shape index (κ3) is 1.94. The van der Waals surface area contributed by atoms with Crippen LogP contribution in [0.3, 0.4) is 0 Å². The molecular weight excluding hydrogens is 230 g/mol. The lowest BCUT2D eigenvalue weighted by molar-refractivity contribution is 0.981. The molecule has 1 N–H and O–H groups in total. The van der Waals surface area contributed by atoms with Crippen molar-refractivity contribution in [3.8, 4) is 0 Å². The second kappa shape index (κ2) is 3.02. The number of aryl methyl sites for hydroxylation is 1. The molecule has 0 aliphatic rings. The van der Waals surface area contributed by atoms with Gasteiger partial charge in [-0.2, -0.15) is 5.10 Å². The second-order valence-electron chi connectivity index (χ2n) is 2.01. The zero-order valence-electron chi connectivity index (χ0n) is 5.46. The first-order valence-corrected chi connectivity index (χ1v) is 4.22. The quantitative estimate of drug-likeness (QED) is 0.686. The molecule has 0 amide bonds. The van der Waals surface area contributed by atoms with E-state index >= 15 is 0 Å². The molecule has 0 fully saturated rings. The van der Waals surface area contributed by atoms with Gasteiger partial charge in [-0.15, -0.1) is 0 Å². The van der Waals surface area contributed by atoms with Crippen LogP contribution in [0.2, 0.25) is 5.02 Å². The predicted molar refractivity (Wildman–Crippen MR) is 47.6 cm³/mol. The van der Waals surface area contributed by atoms with E-state index in [1.54, 1.807) is 6.92 Å². The molecular formula is C5H4Cl4N2. The van der Waals surface area contributed by atoms with Gasteiger partial charge in [0.05, 0.1) is 10.7 Å². The zero-order chi connectivity index (χ0) is 8.65. The standard InChI is InChI=1S/C5H4Cl4N2/c1-2-3(6)4(11-10-2)5(7,8)9/h1H3,(H,10,11). The van der Waals surface area contributed by atoms with Crippen LogP contribution in [-0.2, 0) is 3.79 Å². The maximum absolute atomic E-state index is 5.75. The summed E-state index contributed by atoms with van der Waals surface area (Å²) in [5.41, 5.74) is 0.926. The Bertz CT molecular complexity index is 262. The predicted octanol–water partition coefficient (Wildman–Crippen LogP) is 3.20. The van der Waals surface area contributed by atoms with E-state index in [2.05, 4.69) is 10.2 Å². The molecule has 0 saturated carbocycles. The first-order valence-electron chi connectivity index (χ1n) is 2.70. The average molecular weight is 234 g/mol. The Kier molecular flexibility index (Phi) is 2.59. The van der Waals surface area contributed by atoms with Crippen LogP contribution >= 0.6 is 46.4 Å². The van der Waals surface area contributed by atoms with E-state index in [9.17, 15) is 0 Å². The van der Waals surface area contributed by atoms with Crippen LogP contribution in [0.1, 0.15) is 11.4 Å². The summed E-state index contributed by atoms with van der Waals surface area (Å²) in [5.74, 6) is 0. The molecule has 0 bridgehead atoms. The normalized spacial score (nSPS) is 12.1. The Morgan fingerprint density at radius 3 is 2.09 bits per heavy atom. The van der Waals surface area contributed by atoms with E-state index in [1.807, 2.05) is 0 Å². The van der Waals surface area contributed by atoms with Crippen molar-refractivity contribution in [2.24, 2.45) is 0 Å². The molecule has 11 heavy (non-hydrogen) atoms. The van der Waals surface area contributed by atoms with E-state index < -0.39 is 3.79 Å². The van der Waals surface area contributed by atoms with Crippen LogP contribution < -0.4 is 0 Å². The number of nitrogens with zero attached hydrogens (tertiary/aromatic N) is 1. The van der Waals surface area contributed by atoms with E-state index in [-0.39, 0.29) is 5.69 Å². The highest BCUT2D eigenvalue weighted by Gasteiger charge is 2.29. The Balaban J connectivity index is 3.15. The third-order valence-corrected chi connectivity index (χ3v) is 2.14. The number of hydrogen-bond donors (Lipinski definition) is 1. The summed E-state index contributed by atoms with van der Waals surface area (Å²) in [5, 5.41) is 6.71. The maximum atomic E-state index is 5.75. The lowest BCUT2D eigenvalue weighted by Gasteiger charge is -2.06. The SMILES string of the molecule is Cc1[nH]nc(C(Cl)(Cl)Cl)c1Cl. The van der Waals surface area contributed by atoms with Crippen molar-refractivity contribution in [3.63, 3.8) is 0 Å². The number of nitrogens with one attached hydrogen (secondary N) is 1. The van der Waals surface area contributed by atoms with Gasteiger partial charge >= 0.3 is 0 Å². The van der Waals surface area contributed by atoms with Gasteiger partial charge in [-0.1, -0.05) is 46.4 Å². The molecule has 0 radical (unpaired) electrons. The molecule has 0 spiro atoms. The minimum Gasteiger partial charge on any atom is -0.281 e. The van der Waals surface area contributed by atoms with E-state index in [0.29, 0.717) is 10.7 Å². The van der Waals surface area contributed by atoms with E-state index in [0.717, 1.165) is 0 Å². The highest BCUT2D eigenvalue weighted by Crippen LogP contribution is 2.41. The Hall–Kier alpha value is 0.370. The molecule has 6 heteroatoms. The molecule has 0 aliphatic heterocycles. The summed E-state index contributed by atoms with van der Waals surface area (Å²) in [6.45, 7) is 1.75. The van der Waals surface area contributed by atoms with Crippen LogP contribution in [0.25, 0.3) is 0 Å². The number of halogens is 4. The Morgan fingerprint density at radius 2 is 1.91 bits per heavy atom. The van der Waals surface area contributed by atoms with Gasteiger partial charge in [0.2, 0.25) is 3.79 Å². The van der Waals surface area contributed by atoms with Gasteiger partial charge in [0.15, 0.2) is 0 Å². The Labute approximate surface area is 83.8 Å². The Morgan fingerprint density at radius 1 is 1.36 bits per heavy atom. The minimum absolute atomic E-state index is 0.238. The fourth-order valence-corrected chi connectivity index (χ4v) is 1.38. The van der Waals surface area contributed by atoms with Gasteiger partial charge in [-0.05, 0) is 6.92 Å². The van der Waals surface area contributed by atoms with Gasteiger partial charge in [0.1, 0.15) is 5.69 Å². The van der Waals surface area contributed by atoms with Crippen molar-refractivity contribution < 1.29 is 0 Å². The molecule has 62 valence electrons. The average Bonchev–Trinajstić information content (AvgIpc) is 2.11. The van der Waals surface area contributed by atoms with Crippen molar-refractivity contribution in [2.45, 2.75) is 10.7 Å². The largest absolute Gasteiger partial charge is 0.281 e. The minimum atomic E-state index is -1.55. The summed E-state index contributed by atoms with van der Waals surface area (Å²) >= 11 is 22.4. The lowest BCUT2D eigenvalue weighted by atomic mass is 10.4. The fourth-order valence-electron chi connectivity index (χ4n) is 0.603. The molecule has 0 unspecified atom stereocenters. The third-order valence-electron chi connectivity index (χ3n) is 1.14. The van der Waals surface area contributed by atoms with E-state index in [4.69, 9.17) is 46.4 Å². The summed E-state index contributed by atoms with van der Waals surface area (Å²) in [4.78, 5) is 0. The van der Waals surface area contributed by atoms with Crippen molar-refractivity contribution >= 4 is 46.4 Å². The van der Waals surface area contributed by atoms with Gasteiger partial charge < -0.3 is 0 Å². The summed E-state index contributed by atoms with van der Waals surface area (Å²) < 4.78 is -1.55. The first kappa shape index (κ1) is 9.46.